The lowest BCUT2D eigenvalue weighted by atomic mass is 10.2. The van der Waals surface area contributed by atoms with E-state index >= 15 is 0 Å². The number of hydrogen-bond donors (Lipinski definition) is 2. The predicted octanol–water partition coefficient (Wildman–Crippen LogP) is -0.151. The monoisotopic (exact) mass is 152 g/mol. The SMILES string of the molecule is CN.Cc1ccccc1.N#[NH+]. The van der Waals surface area contributed by atoms with Gasteiger partial charge in [-0.15, -0.1) is 0 Å². The fraction of sp³-hybridized carbons (Fsp3) is 0.250. The topological polar surface area (TPSA) is 73.6 Å². The fourth-order valence-corrected chi connectivity index (χ4v) is 0.534. The number of nitrogens with two attached hydrogens (primary N) is 1. The Kier molecular flexibility index (Phi) is 12.7. The number of hydrogen-bond acceptors (Lipinski definition) is 2. The maximum Gasteiger partial charge on any atom is 0.212 e. The van der Waals surface area contributed by atoms with Crippen molar-refractivity contribution >= 4 is 0 Å². The van der Waals surface area contributed by atoms with Crippen LogP contribution >= 0.6 is 0 Å². The van der Waals surface area contributed by atoms with Crippen LogP contribution in [0.5, 0.6) is 0 Å². The van der Waals surface area contributed by atoms with Crippen molar-refractivity contribution in [2.75, 3.05) is 7.05 Å². The summed E-state index contributed by atoms with van der Waals surface area (Å²) >= 11 is 0. The molecule has 0 aliphatic carbocycles. The van der Waals surface area contributed by atoms with Gasteiger partial charge in [-0.3, -0.25) is 0 Å². The Morgan fingerprint density at radius 2 is 1.45 bits per heavy atom. The molecule has 0 amide bonds. The van der Waals surface area contributed by atoms with Gasteiger partial charge in [-0.2, -0.15) is 0 Å². The van der Waals surface area contributed by atoms with E-state index in [2.05, 4.69) is 24.8 Å². The second-order valence-corrected chi connectivity index (χ2v) is 1.65. The van der Waals surface area contributed by atoms with E-state index in [1.54, 1.807) is 0 Å². The minimum atomic E-state index is 1.32. The molecule has 3 N–H and O–H groups in total. The number of diazo groups is 1. The summed E-state index contributed by atoms with van der Waals surface area (Å²) in [6, 6.07) is 10.3. The molecule has 0 heterocycles. The van der Waals surface area contributed by atoms with E-state index in [1.165, 1.54) is 12.6 Å². The van der Waals surface area contributed by atoms with Crippen molar-refractivity contribution in [3.63, 3.8) is 0 Å². The van der Waals surface area contributed by atoms with Crippen LogP contribution in [0.25, 0.3) is 0 Å². The van der Waals surface area contributed by atoms with Crippen LogP contribution < -0.4 is 11.1 Å². The third-order valence-electron chi connectivity index (χ3n) is 0.940. The molecule has 0 saturated carbocycles. The zero-order valence-electron chi connectivity index (χ0n) is 6.91. The lowest BCUT2D eigenvalue weighted by Gasteiger charge is -1.82. The molecule has 0 atom stereocenters. The third kappa shape index (κ3) is 8.60. The van der Waals surface area contributed by atoms with Crippen LogP contribution in [0.15, 0.2) is 30.3 Å². The molecule has 0 saturated heterocycles. The first-order chi connectivity index (χ1) is 5.39. The van der Waals surface area contributed by atoms with Crippen LogP contribution in [0.1, 0.15) is 5.56 Å². The Morgan fingerprint density at radius 1 is 1.09 bits per heavy atom. The molecule has 0 unspecified atom stereocenters. The number of aryl methyl sites for hydroxylation is 1. The van der Waals surface area contributed by atoms with Crippen molar-refractivity contribution in [1.29, 1.82) is 5.39 Å². The highest BCUT2D eigenvalue weighted by Crippen LogP contribution is 1.92. The molecule has 0 aliphatic rings. The van der Waals surface area contributed by atoms with E-state index in [0.29, 0.717) is 0 Å². The van der Waals surface area contributed by atoms with Gasteiger partial charge < -0.3 is 5.73 Å². The molecular weight excluding hydrogens is 138 g/mol. The van der Waals surface area contributed by atoms with Crippen molar-refractivity contribution in [1.82, 2.24) is 0 Å². The van der Waals surface area contributed by atoms with Crippen LogP contribution in [0.3, 0.4) is 0 Å². The summed E-state index contributed by atoms with van der Waals surface area (Å²) in [5.41, 5.74) is 5.82. The highest BCUT2D eigenvalue weighted by Gasteiger charge is 1.72. The Labute approximate surface area is 67.3 Å². The van der Waals surface area contributed by atoms with E-state index in [-0.39, 0.29) is 0 Å². The molecule has 0 bridgehead atoms. The quantitative estimate of drug-likeness (QED) is 0.507. The molecule has 0 aliphatic heterocycles. The minimum absolute atomic E-state index is 1.32. The smallest absolute Gasteiger partial charge is 0.212 e. The normalized spacial score (nSPS) is 6.27. The molecule has 1 rings (SSSR count). The number of nitrogens with one attached hydrogen (secondary N) is 1. The van der Waals surface area contributed by atoms with Crippen LogP contribution in [-0.2, 0) is 0 Å². The number of benzene rings is 1. The second-order valence-electron chi connectivity index (χ2n) is 1.65. The Balaban J connectivity index is 0. The summed E-state index contributed by atoms with van der Waals surface area (Å²) in [5, 5.41) is 11.0. The van der Waals surface area contributed by atoms with Crippen LogP contribution in [0, 0.1) is 12.3 Å². The van der Waals surface area contributed by atoms with Crippen LogP contribution in [0.4, 0.5) is 0 Å². The second kappa shape index (κ2) is 11.4. The molecule has 3 nitrogen and oxygen atoms in total. The lowest BCUT2D eigenvalue weighted by Crippen LogP contribution is -2.11. The molecule has 0 radical (unpaired) electrons. The maximum atomic E-state index is 6.25. The number of nitrogens with zero attached hydrogens (tertiary/aromatic N) is 1. The first-order valence-electron chi connectivity index (χ1n) is 3.21. The van der Waals surface area contributed by atoms with Gasteiger partial charge in [0.25, 0.3) is 0 Å². The number of rotatable bonds is 0. The molecule has 60 valence electrons. The fourth-order valence-electron chi connectivity index (χ4n) is 0.534. The average molecular weight is 152 g/mol. The van der Waals surface area contributed by atoms with Crippen molar-refractivity contribution < 1.29 is 5.39 Å². The third-order valence-corrected chi connectivity index (χ3v) is 0.940. The van der Waals surface area contributed by atoms with Gasteiger partial charge in [-0.1, -0.05) is 35.9 Å². The summed E-state index contributed by atoms with van der Waals surface area (Å²) in [4.78, 5) is 0. The first-order valence-corrected chi connectivity index (χ1v) is 3.21. The zero-order valence-corrected chi connectivity index (χ0v) is 6.91. The molecule has 0 spiro atoms. The van der Waals surface area contributed by atoms with Crippen molar-refractivity contribution in [3.8, 4) is 0 Å². The minimum Gasteiger partial charge on any atom is -0.333 e. The lowest BCUT2D eigenvalue weighted by molar-refractivity contribution is -0.175. The molecule has 3 heteroatoms. The van der Waals surface area contributed by atoms with Gasteiger partial charge >= 0.3 is 0 Å². The van der Waals surface area contributed by atoms with Crippen LogP contribution in [0.2, 0.25) is 0 Å². The van der Waals surface area contributed by atoms with Gasteiger partial charge in [0.1, 0.15) is 0 Å². The highest BCUT2D eigenvalue weighted by molar-refractivity contribution is 5.11. The summed E-state index contributed by atoms with van der Waals surface area (Å²) in [5.74, 6) is 0. The molecule has 11 heavy (non-hydrogen) atoms. The highest BCUT2D eigenvalue weighted by atomic mass is 14.6. The Hall–Kier alpha value is -1.40. The van der Waals surface area contributed by atoms with Crippen LogP contribution in [-0.4, -0.2) is 7.05 Å². The summed E-state index contributed by atoms with van der Waals surface area (Å²) < 4.78 is 0. The Bertz CT molecular complexity index is 169. The van der Waals surface area contributed by atoms with E-state index < -0.39 is 0 Å². The Morgan fingerprint density at radius 3 is 1.64 bits per heavy atom. The van der Waals surface area contributed by atoms with Gasteiger partial charge in [-0.25, -0.2) is 0 Å². The standard InChI is InChI=1S/C7H8.CH5N.N2/c1-7-5-3-2-4-6-7;2*1-2/h2-6H,1H3;2H2,1H3;/p+1. The average Bonchev–Trinajstić information content (AvgIpc) is 2.13. The molecule has 1 aromatic rings. The van der Waals surface area contributed by atoms with Gasteiger partial charge in [0.15, 0.2) is 0 Å². The molecule has 0 aromatic heterocycles. The van der Waals surface area contributed by atoms with Crippen molar-refractivity contribution in [2.24, 2.45) is 5.73 Å². The summed E-state index contributed by atoms with van der Waals surface area (Å²) in [6.07, 6.45) is 0. The van der Waals surface area contributed by atoms with Gasteiger partial charge in [0.2, 0.25) is 5.39 Å². The van der Waals surface area contributed by atoms with E-state index in [4.69, 9.17) is 10.8 Å². The van der Waals surface area contributed by atoms with Crippen molar-refractivity contribution in [3.05, 3.63) is 35.9 Å². The largest absolute Gasteiger partial charge is 0.333 e. The molecule has 1 aromatic carbocycles. The maximum absolute atomic E-state index is 6.25. The van der Waals surface area contributed by atoms with Gasteiger partial charge in [0.05, 0.1) is 5.39 Å². The summed E-state index contributed by atoms with van der Waals surface area (Å²) in [6.45, 7) is 2.08. The van der Waals surface area contributed by atoms with Crippen molar-refractivity contribution in [2.45, 2.75) is 6.92 Å². The summed E-state index contributed by atoms with van der Waals surface area (Å²) in [7, 11) is 1.50. The van der Waals surface area contributed by atoms with Gasteiger partial charge in [-0.05, 0) is 14.0 Å². The van der Waals surface area contributed by atoms with E-state index in [9.17, 15) is 0 Å². The predicted molar refractivity (Wildman–Crippen MR) is 44.0 cm³/mol. The van der Waals surface area contributed by atoms with E-state index in [1.807, 2.05) is 18.2 Å². The molecule has 0 fully saturated rings. The zero-order chi connectivity index (χ0) is 9.11. The first kappa shape index (κ1) is 12.3. The van der Waals surface area contributed by atoms with Gasteiger partial charge in [0, 0.05) is 0 Å². The van der Waals surface area contributed by atoms with E-state index in [0.717, 1.165) is 0 Å². The molecular formula is C8H14N3+.